The van der Waals surface area contributed by atoms with E-state index in [2.05, 4.69) is 0 Å². The fraction of sp³-hybridized carbons (Fsp3) is 0.250. The number of halogens is 3. The molecule has 4 aromatic rings. The average molecular weight is 479 g/mol. The number of alkyl halides is 3. The van der Waals surface area contributed by atoms with Gasteiger partial charge in [0.2, 0.25) is 0 Å². The summed E-state index contributed by atoms with van der Waals surface area (Å²) in [5.41, 5.74) is 4.22. The Balaban J connectivity index is 1.48. The van der Waals surface area contributed by atoms with Crippen molar-refractivity contribution in [1.82, 2.24) is 4.90 Å². The number of nitrogens with zero attached hydrogens (tertiary/aromatic N) is 1. The van der Waals surface area contributed by atoms with Crippen LogP contribution in [0.2, 0.25) is 0 Å². The molecule has 5 rings (SSSR count). The van der Waals surface area contributed by atoms with E-state index >= 15 is 0 Å². The zero-order valence-electron chi connectivity index (χ0n) is 19.4. The number of hydrogen-bond donors (Lipinski definition) is 0. The molecule has 0 saturated carbocycles. The SMILES string of the molecule is Cc1c(Cc2ccccc2)c(=O)oc2c(C)c3c(cc12)CN(Cc1cccc(C(F)(F)F)c1)CO3. The van der Waals surface area contributed by atoms with Crippen LogP contribution in [0.15, 0.2) is 69.9 Å². The summed E-state index contributed by atoms with van der Waals surface area (Å²) >= 11 is 0. The van der Waals surface area contributed by atoms with Crippen molar-refractivity contribution in [3.63, 3.8) is 0 Å². The third-order valence-corrected chi connectivity index (χ3v) is 6.50. The smallest absolute Gasteiger partial charge is 0.416 e. The van der Waals surface area contributed by atoms with E-state index in [0.29, 0.717) is 42.0 Å². The van der Waals surface area contributed by atoms with E-state index in [1.54, 1.807) is 6.07 Å². The Labute approximate surface area is 200 Å². The molecule has 180 valence electrons. The molecule has 2 heterocycles. The van der Waals surface area contributed by atoms with Crippen LogP contribution in [-0.4, -0.2) is 11.6 Å². The first-order chi connectivity index (χ1) is 16.7. The van der Waals surface area contributed by atoms with Crippen molar-refractivity contribution in [3.05, 3.63) is 110 Å². The van der Waals surface area contributed by atoms with E-state index in [4.69, 9.17) is 9.15 Å². The molecular formula is C28H24F3NO3. The largest absolute Gasteiger partial charge is 0.477 e. The molecule has 4 nitrogen and oxygen atoms in total. The van der Waals surface area contributed by atoms with Crippen molar-refractivity contribution < 1.29 is 22.3 Å². The maximum Gasteiger partial charge on any atom is 0.416 e. The molecule has 0 N–H and O–H groups in total. The van der Waals surface area contributed by atoms with Crippen molar-refractivity contribution in [2.75, 3.05) is 6.73 Å². The molecule has 0 aliphatic carbocycles. The number of benzene rings is 3. The first-order valence-electron chi connectivity index (χ1n) is 11.3. The summed E-state index contributed by atoms with van der Waals surface area (Å²) in [6.07, 6.45) is -3.91. The summed E-state index contributed by atoms with van der Waals surface area (Å²) in [6.45, 7) is 4.85. The second-order valence-corrected chi connectivity index (χ2v) is 8.98. The molecule has 0 saturated heterocycles. The van der Waals surface area contributed by atoms with Crippen molar-refractivity contribution in [2.45, 2.75) is 39.5 Å². The third-order valence-electron chi connectivity index (χ3n) is 6.50. The maximum atomic E-state index is 13.1. The van der Waals surface area contributed by atoms with E-state index in [1.807, 2.05) is 55.1 Å². The molecule has 0 bridgehead atoms. The van der Waals surface area contributed by atoms with Crippen LogP contribution < -0.4 is 10.4 Å². The highest BCUT2D eigenvalue weighted by Gasteiger charge is 2.31. The summed E-state index contributed by atoms with van der Waals surface area (Å²) in [5, 5.41) is 0.844. The van der Waals surface area contributed by atoms with E-state index in [1.165, 1.54) is 12.1 Å². The highest BCUT2D eigenvalue weighted by molar-refractivity contribution is 5.87. The summed E-state index contributed by atoms with van der Waals surface area (Å²) in [6, 6.07) is 17.1. The Hall–Kier alpha value is -3.58. The molecule has 1 aliphatic heterocycles. The second kappa shape index (κ2) is 8.89. The van der Waals surface area contributed by atoms with E-state index in [9.17, 15) is 18.0 Å². The highest BCUT2D eigenvalue weighted by atomic mass is 19.4. The molecule has 35 heavy (non-hydrogen) atoms. The molecule has 0 spiro atoms. The van der Waals surface area contributed by atoms with Crippen LogP contribution in [0.4, 0.5) is 13.2 Å². The number of fused-ring (bicyclic) bond motifs is 2. The van der Waals surface area contributed by atoms with Crippen molar-refractivity contribution in [3.8, 4) is 5.75 Å². The third kappa shape index (κ3) is 4.56. The van der Waals surface area contributed by atoms with Gasteiger partial charge in [-0.05, 0) is 42.7 Å². The fourth-order valence-corrected chi connectivity index (χ4v) is 4.70. The lowest BCUT2D eigenvalue weighted by Crippen LogP contribution is -2.32. The second-order valence-electron chi connectivity index (χ2n) is 8.98. The molecule has 0 atom stereocenters. The Bertz CT molecular complexity index is 1460. The minimum Gasteiger partial charge on any atom is -0.477 e. The predicted octanol–water partition coefficient (Wildman–Crippen LogP) is 6.37. The van der Waals surface area contributed by atoms with Gasteiger partial charge < -0.3 is 9.15 Å². The Morgan fingerprint density at radius 3 is 2.43 bits per heavy atom. The van der Waals surface area contributed by atoms with E-state index < -0.39 is 11.7 Å². The lowest BCUT2D eigenvalue weighted by atomic mass is 9.96. The normalized spacial score (nSPS) is 14.1. The van der Waals surface area contributed by atoms with Crippen molar-refractivity contribution in [1.29, 1.82) is 0 Å². The van der Waals surface area contributed by atoms with Crippen LogP contribution >= 0.6 is 0 Å². The predicted molar refractivity (Wildman–Crippen MR) is 127 cm³/mol. The first kappa shape index (κ1) is 23.2. The van der Waals surface area contributed by atoms with Gasteiger partial charge in [0.15, 0.2) is 0 Å². The van der Waals surface area contributed by atoms with Crippen molar-refractivity contribution in [2.24, 2.45) is 0 Å². The van der Waals surface area contributed by atoms with Gasteiger partial charge in [-0.3, -0.25) is 4.90 Å². The van der Waals surface area contributed by atoms with Gasteiger partial charge in [-0.1, -0.05) is 48.5 Å². The van der Waals surface area contributed by atoms with Crippen LogP contribution in [0.1, 0.15) is 38.9 Å². The topological polar surface area (TPSA) is 42.7 Å². The molecular weight excluding hydrogens is 455 g/mol. The van der Waals surface area contributed by atoms with Gasteiger partial charge in [0, 0.05) is 41.6 Å². The molecule has 0 unspecified atom stereocenters. The minimum absolute atomic E-state index is 0.227. The van der Waals surface area contributed by atoms with Crippen LogP contribution in [0.25, 0.3) is 11.0 Å². The zero-order valence-corrected chi connectivity index (χ0v) is 19.4. The summed E-state index contributed by atoms with van der Waals surface area (Å²) < 4.78 is 51.1. The lowest BCUT2D eigenvalue weighted by Gasteiger charge is -2.30. The van der Waals surface area contributed by atoms with Crippen molar-refractivity contribution >= 4 is 11.0 Å². The Morgan fingerprint density at radius 1 is 0.943 bits per heavy atom. The summed E-state index contributed by atoms with van der Waals surface area (Å²) in [4.78, 5) is 14.8. The quantitative estimate of drug-likeness (QED) is 0.319. The van der Waals surface area contributed by atoms with Gasteiger partial charge >= 0.3 is 11.8 Å². The van der Waals surface area contributed by atoms with Crippen LogP contribution in [0, 0.1) is 13.8 Å². The highest BCUT2D eigenvalue weighted by Crippen LogP contribution is 2.37. The number of ether oxygens (including phenoxy) is 1. The van der Waals surface area contributed by atoms with Gasteiger partial charge in [0.25, 0.3) is 0 Å². The average Bonchev–Trinajstić information content (AvgIpc) is 2.83. The first-order valence-corrected chi connectivity index (χ1v) is 11.3. The van der Waals surface area contributed by atoms with Crippen LogP contribution in [0.5, 0.6) is 5.75 Å². The summed E-state index contributed by atoms with van der Waals surface area (Å²) in [5.74, 6) is 0.663. The Morgan fingerprint density at radius 2 is 1.69 bits per heavy atom. The van der Waals surface area contributed by atoms with E-state index in [0.717, 1.165) is 33.7 Å². The Kier molecular flexibility index (Phi) is 5.89. The maximum absolute atomic E-state index is 13.1. The number of rotatable bonds is 4. The number of aryl methyl sites for hydroxylation is 2. The van der Waals surface area contributed by atoms with E-state index in [-0.39, 0.29) is 12.4 Å². The zero-order chi connectivity index (χ0) is 24.7. The van der Waals surface area contributed by atoms with Gasteiger partial charge in [0.05, 0.1) is 5.56 Å². The number of hydrogen-bond acceptors (Lipinski definition) is 4. The standard InChI is InChI=1S/C28H24F3NO3/c1-17-23-13-21-15-32(14-20-9-6-10-22(11-20)28(29,30)31)16-34-25(21)18(2)26(23)35-27(33)24(17)12-19-7-4-3-5-8-19/h3-11,13H,12,14-16H2,1-2H3. The molecule has 7 heteroatoms. The molecule has 1 aromatic heterocycles. The molecule has 0 fully saturated rings. The van der Waals surface area contributed by atoms with Gasteiger partial charge in [-0.25, -0.2) is 4.79 Å². The van der Waals surface area contributed by atoms with Gasteiger partial charge in [-0.2, -0.15) is 13.2 Å². The molecule has 0 amide bonds. The fourth-order valence-electron chi connectivity index (χ4n) is 4.70. The minimum atomic E-state index is -4.38. The summed E-state index contributed by atoms with van der Waals surface area (Å²) in [7, 11) is 0. The van der Waals surface area contributed by atoms with Gasteiger partial charge in [-0.15, -0.1) is 0 Å². The van der Waals surface area contributed by atoms with Gasteiger partial charge in [0.1, 0.15) is 18.1 Å². The van der Waals surface area contributed by atoms with Crippen LogP contribution in [-0.2, 0) is 25.7 Å². The monoisotopic (exact) mass is 479 g/mol. The van der Waals surface area contributed by atoms with Crippen LogP contribution in [0.3, 0.4) is 0 Å². The molecule has 1 aliphatic rings. The molecule has 0 radical (unpaired) electrons. The lowest BCUT2D eigenvalue weighted by molar-refractivity contribution is -0.137. The molecule has 3 aromatic carbocycles.